The van der Waals surface area contributed by atoms with E-state index in [4.69, 9.17) is 10.1 Å². The monoisotopic (exact) mass is 481 g/mol. The maximum atomic E-state index is 14.6. The highest BCUT2D eigenvalue weighted by atomic mass is 19.3. The number of alkyl halides is 2. The molecule has 10 heteroatoms. The average Bonchev–Trinajstić information content (AvgIpc) is 2.87. The lowest BCUT2D eigenvalue weighted by Crippen LogP contribution is -2.31. The number of ether oxygens (including phenoxy) is 1. The molecular weight excluding hydrogens is 459 g/mol. The number of pyridine rings is 1. The number of amidine groups is 1. The number of rotatable bonds is 7. The molecule has 35 heavy (non-hydrogen) atoms. The SMILES string of the molecule is CNC(=O)c1ncc(-c2cc(C#N)ccc2OC)cc1C(=N)N[C@H](C)c1cccc(C(F)F)c1F. The molecule has 1 heterocycles. The molecule has 3 N–H and O–H groups in total. The van der Waals surface area contributed by atoms with Gasteiger partial charge in [-0.3, -0.25) is 10.2 Å². The molecule has 0 spiro atoms. The number of amides is 1. The smallest absolute Gasteiger partial charge is 0.270 e. The fourth-order valence-electron chi connectivity index (χ4n) is 3.55. The van der Waals surface area contributed by atoms with Crippen LogP contribution >= 0.6 is 0 Å². The van der Waals surface area contributed by atoms with Crippen molar-refractivity contribution in [3.63, 3.8) is 0 Å². The molecule has 180 valence electrons. The van der Waals surface area contributed by atoms with Gasteiger partial charge in [0.1, 0.15) is 23.1 Å². The molecule has 0 aliphatic rings. The maximum Gasteiger partial charge on any atom is 0.270 e. The Hall–Kier alpha value is -4.39. The van der Waals surface area contributed by atoms with E-state index in [9.17, 15) is 23.2 Å². The summed E-state index contributed by atoms with van der Waals surface area (Å²) >= 11 is 0. The Morgan fingerprint density at radius 2 is 1.91 bits per heavy atom. The van der Waals surface area contributed by atoms with Gasteiger partial charge in [0.05, 0.1) is 30.3 Å². The van der Waals surface area contributed by atoms with Crippen molar-refractivity contribution in [2.75, 3.05) is 14.2 Å². The van der Waals surface area contributed by atoms with Crippen LogP contribution < -0.4 is 15.4 Å². The first-order valence-corrected chi connectivity index (χ1v) is 10.4. The topological polar surface area (TPSA) is 111 Å². The predicted octanol–water partition coefficient (Wildman–Crippen LogP) is 4.74. The van der Waals surface area contributed by atoms with E-state index < -0.39 is 29.8 Å². The normalized spacial score (nSPS) is 11.5. The van der Waals surface area contributed by atoms with Crippen molar-refractivity contribution in [1.82, 2.24) is 15.6 Å². The predicted molar refractivity (Wildman–Crippen MR) is 124 cm³/mol. The molecule has 0 saturated heterocycles. The van der Waals surface area contributed by atoms with Crippen molar-refractivity contribution in [2.24, 2.45) is 0 Å². The van der Waals surface area contributed by atoms with Gasteiger partial charge in [0.25, 0.3) is 12.3 Å². The summed E-state index contributed by atoms with van der Waals surface area (Å²) in [5, 5.41) is 23.1. The lowest BCUT2D eigenvalue weighted by molar-refractivity contribution is 0.0958. The summed E-state index contributed by atoms with van der Waals surface area (Å²) in [5.74, 6) is -1.45. The van der Waals surface area contributed by atoms with Crippen LogP contribution in [0.1, 0.15) is 52.1 Å². The number of halogens is 3. The molecule has 7 nitrogen and oxygen atoms in total. The molecule has 0 radical (unpaired) electrons. The Morgan fingerprint density at radius 1 is 1.20 bits per heavy atom. The number of hydrogen-bond acceptors (Lipinski definition) is 5. The zero-order valence-electron chi connectivity index (χ0n) is 19.1. The highest BCUT2D eigenvalue weighted by Gasteiger charge is 2.23. The fourth-order valence-corrected chi connectivity index (χ4v) is 3.55. The molecule has 3 rings (SSSR count). The standard InChI is InChI=1S/C25H22F3N5O2/c1-13(16-5-4-6-17(21(16)26)23(27)28)33-24(30)19-10-15(12-32-22(19)25(34)31-2)18-9-14(11-29)7-8-20(18)35-3/h4-10,12-13,23H,1-3H3,(H2,30,33)(H,31,34)/t13-/m1/s1. The van der Waals surface area contributed by atoms with E-state index in [-0.39, 0.29) is 22.7 Å². The third-order valence-corrected chi connectivity index (χ3v) is 5.36. The Bertz CT molecular complexity index is 1320. The first kappa shape index (κ1) is 25.2. The number of carbonyl (C=O) groups is 1. The minimum absolute atomic E-state index is 0.0541. The van der Waals surface area contributed by atoms with Crippen LogP contribution in [-0.2, 0) is 0 Å². The fraction of sp³-hybridized carbons (Fsp3) is 0.200. The Balaban J connectivity index is 2.05. The van der Waals surface area contributed by atoms with Gasteiger partial charge < -0.3 is 15.4 Å². The molecule has 0 fully saturated rings. The summed E-state index contributed by atoms with van der Waals surface area (Å²) in [6.07, 6.45) is -1.57. The van der Waals surface area contributed by atoms with Crippen LogP contribution in [0.15, 0.2) is 48.7 Å². The van der Waals surface area contributed by atoms with Crippen molar-refractivity contribution in [2.45, 2.75) is 19.4 Å². The number of methoxy groups -OCH3 is 1. The Labute approximate surface area is 200 Å². The lowest BCUT2D eigenvalue weighted by Gasteiger charge is -2.20. The molecule has 0 unspecified atom stereocenters. The summed E-state index contributed by atoms with van der Waals surface area (Å²) in [6.45, 7) is 1.51. The largest absolute Gasteiger partial charge is 0.496 e. The molecule has 1 atom stereocenters. The number of carbonyl (C=O) groups excluding carboxylic acids is 1. The maximum absolute atomic E-state index is 14.6. The molecule has 0 aliphatic carbocycles. The summed E-state index contributed by atoms with van der Waals surface area (Å²) in [5.41, 5.74) is 0.575. The van der Waals surface area contributed by atoms with Gasteiger partial charge in [-0.15, -0.1) is 0 Å². The van der Waals surface area contributed by atoms with Crippen LogP contribution in [0, 0.1) is 22.6 Å². The van der Waals surface area contributed by atoms with Crippen molar-refractivity contribution in [3.8, 4) is 22.9 Å². The Morgan fingerprint density at radius 3 is 2.54 bits per heavy atom. The van der Waals surface area contributed by atoms with Crippen LogP contribution in [0.2, 0.25) is 0 Å². The van der Waals surface area contributed by atoms with E-state index in [1.54, 1.807) is 18.2 Å². The third kappa shape index (κ3) is 5.24. The second-order valence-electron chi connectivity index (χ2n) is 7.52. The van der Waals surface area contributed by atoms with Crippen LogP contribution in [0.4, 0.5) is 13.2 Å². The second-order valence-corrected chi connectivity index (χ2v) is 7.52. The van der Waals surface area contributed by atoms with E-state index in [2.05, 4.69) is 15.6 Å². The molecule has 0 aliphatic heterocycles. The number of nitrogens with one attached hydrogen (secondary N) is 3. The van der Waals surface area contributed by atoms with Gasteiger partial charge in [-0.1, -0.05) is 18.2 Å². The zero-order valence-corrected chi connectivity index (χ0v) is 19.1. The number of hydrogen-bond donors (Lipinski definition) is 3. The minimum atomic E-state index is -2.98. The number of benzene rings is 2. The van der Waals surface area contributed by atoms with Crippen LogP contribution in [0.5, 0.6) is 5.75 Å². The van der Waals surface area contributed by atoms with Gasteiger partial charge in [0, 0.05) is 35.5 Å². The van der Waals surface area contributed by atoms with Gasteiger partial charge >= 0.3 is 0 Å². The van der Waals surface area contributed by atoms with Gasteiger partial charge in [0.2, 0.25) is 0 Å². The first-order chi connectivity index (χ1) is 16.7. The first-order valence-electron chi connectivity index (χ1n) is 10.4. The van der Waals surface area contributed by atoms with Crippen molar-refractivity contribution in [3.05, 3.63) is 82.4 Å². The summed E-state index contributed by atoms with van der Waals surface area (Å²) in [6, 6.07) is 11.1. The van der Waals surface area contributed by atoms with Crippen LogP contribution in [0.25, 0.3) is 11.1 Å². The van der Waals surface area contributed by atoms with Gasteiger partial charge in [-0.05, 0) is 31.2 Å². The molecule has 2 aromatic carbocycles. The Kier molecular flexibility index (Phi) is 7.71. The highest BCUT2D eigenvalue weighted by Crippen LogP contribution is 2.32. The molecular formula is C25H22F3N5O2. The third-order valence-electron chi connectivity index (χ3n) is 5.36. The molecule has 3 aromatic rings. The van der Waals surface area contributed by atoms with Crippen molar-refractivity contribution < 1.29 is 22.7 Å². The minimum Gasteiger partial charge on any atom is -0.496 e. The lowest BCUT2D eigenvalue weighted by atomic mass is 9.99. The van der Waals surface area contributed by atoms with Crippen molar-refractivity contribution >= 4 is 11.7 Å². The van der Waals surface area contributed by atoms with Crippen molar-refractivity contribution in [1.29, 1.82) is 10.7 Å². The number of nitriles is 1. The van der Waals surface area contributed by atoms with Gasteiger partial charge in [-0.25, -0.2) is 18.2 Å². The van der Waals surface area contributed by atoms with E-state index in [0.717, 1.165) is 6.07 Å². The van der Waals surface area contributed by atoms with Crippen LogP contribution in [0.3, 0.4) is 0 Å². The van der Waals surface area contributed by atoms with Gasteiger partial charge in [0.15, 0.2) is 0 Å². The van der Waals surface area contributed by atoms with E-state index in [0.29, 0.717) is 22.4 Å². The zero-order chi connectivity index (χ0) is 25.7. The number of aromatic nitrogens is 1. The second kappa shape index (κ2) is 10.7. The summed E-state index contributed by atoms with van der Waals surface area (Å²) in [4.78, 5) is 16.6. The highest BCUT2D eigenvalue weighted by molar-refractivity contribution is 6.07. The van der Waals surface area contributed by atoms with E-state index >= 15 is 0 Å². The van der Waals surface area contributed by atoms with E-state index in [1.165, 1.54) is 45.5 Å². The molecule has 0 saturated carbocycles. The van der Waals surface area contributed by atoms with Gasteiger partial charge in [-0.2, -0.15) is 5.26 Å². The average molecular weight is 481 g/mol. The number of nitrogens with zero attached hydrogens (tertiary/aromatic N) is 2. The summed E-state index contributed by atoms with van der Waals surface area (Å²) in [7, 11) is 2.87. The summed E-state index contributed by atoms with van der Waals surface area (Å²) < 4.78 is 46.2. The van der Waals surface area contributed by atoms with Crippen LogP contribution in [-0.4, -0.2) is 30.9 Å². The molecule has 1 amide bonds. The molecule has 0 bridgehead atoms. The quantitative estimate of drug-likeness (QED) is 0.333. The van der Waals surface area contributed by atoms with E-state index in [1.807, 2.05) is 6.07 Å². The molecule has 1 aromatic heterocycles.